The zero-order chi connectivity index (χ0) is 17.5. The molecule has 1 aliphatic heterocycles. The van der Waals surface area contributed by atoms with Gasteiger partial charge in [-0.15, -0.1) is 4.99 Å². The molecule has 0 radical (unpaired) electrons. The van der Waals surface area contributed by atoms with Crippen molar-refractivity contribution in [2.75, 3.05) is 13.7 Å². The van der Waals surface area contributed by atoms with E-state index in [0.717, 1.165) is 17.7 Å². The van der Waals surface area contributed by atoms with Gasteiger partial charge in [-0.1, -0.05) is 48.1 Å². The van der Waals surface area contributed by atoms with Crippen LogP contribution in [0.15, 0.2) is 71.0 Å². The van der Waals surface area contributed by atoms with Crippen molar-refractivity contribution >= 4 is 5.57 Å². The van der Waals surface area contributed by atoms with Crippen LogP contribution >= 0.6 is 0 Å². The Hall–Kier alpha value is -2.10. The van der Waals surface area contributed by atoms with E-state index in [4.69, 9.17) is 9.88 Å². The fraction of sp³-hybridized carbons (Fsp3) is 0.333. The fourth-order valence-corrected chi connectivity index (χ4v) is 2.64. The standard InChI is InChI=1S/C21H27NO2/c1-16(2)11-13-20-14-12-17(3)21(19-9-7-6-8-10-19)18(4)15-23-24-22(20)5/h6-12,14H,13,15H2,1-5H3/b17-12+,20-14-,21-18+. The summed E-state index contributed by atoms with van der Waals surface area (Å²) in [6.45, 7) is 8.84. The molecule has 0 N–H and O–H groups in total. The largest absolute Gasteiger partial charge is 0.229 e. The normalized spacial score (nSPS) is 23.8. The summed E-state index contributed by atoms with van der Waals surface area (Å²) >= 11 is 0. The van der Waals surface area contributed by atoms with Crippen LogP contribution in [-0.2, 0) is 9.88 Å². The van der Waals surface area contributed by atoms with E-state index < -0.39 is 0 Å². The van der Waals surface area contributed by atoms with Crippen LogP contribution in [-0.4, -0.2) is 18.7 Å². The van der Waals surface area contributed by atoms with E-state index in [1.54, 1.807) is 5.06 Å². The number of hydrogen-bond donors (Lipinski definition) is 0. The SMILES string of the molecule is CC(C)=CC/C1=C/C=C(C)/C(c2ccccc2)=C(/C)COON1C. The lowest BCUT2D eigenvalue weighted by atomic mass is 9.94. The molecule has 24 heavy (non-hydrogen) atoms. The average molecular weight is 325 g/mol. The van der Waals surface area contributed by atoms with Gasteiger partial charge in [0.15, 0.2) is 0 Å². The predicted octanol–water partition coefficient (Wildman–Crippen LogP) is 5.46. The molecule has 0 saturated carbocycles. The first kappa shape index (κ1) is 18.2. The zero-order valence-electron chi connectivity index (χ0n) is 15.3. The molecule has 1 heterocycles. The van der Waals surface area contributed by atoms with Crippen molar-refractivity contribution < 1.29 is 9.88 Å². The Kier molecular flexibility index (Phi) is 6.59. The molecule has 128 valence electrons. The van der Waals surface area contributed by atoms with Crippen molar-refractivity contribution in [3.63, 3.8) is 0 Å². The minimum atomic E-state index is 0.426. The summed E-state index contributed by atoms with van der Waals surface area (Å²) < 4.78 is 0. The lowest BCUT2D eigenvalue weighted by Crippen LogP contribution is -2.19. The first-order chi connectivity index (χ1) is 11.5. The summed E-state index contributed by atoms with van der Waals surface area (Å²) in [4.78, 5) is 10.9. The van der Waals surface area contributed by atoms with Gasteiger partial charge in [-0.3, -0.25) is 0 Å². The van der Waals surface area contributed by atoms with Crippen LogP contribution < -0.4 is 0 Å². The molecule has 3 heteroatoms. The number of hydrogen-bond acceptors (Lipinski definition) is 3. The Bertz CT molecular complexity index is 677. The van der Waals surface area contributed by atoms with Gasteiger partial charge in [0.1, 0.15) is 6.61 Å². The topological polar surface area (TPSA) is 21.7 Å². The van der Waals surface area contributed by atoms with E-state index in [1.807, 2.05) is 13.1 Å². The molecule has 0 bridgehead atoms. The van der Waals surface area contributed by atoms with Gasteiger partial charge in [0.05, 0.1) is 0 Å². The highest BCUT2D eigenvalue weighted by molar-refractivity contribution is 5.81. The van der Waals surface area contributed by atoms with Crippen LogP contribution in [0.25, 0.3) is 5.57 Å². The van der Waals surface area contributed by atoms with Gasteiger partial charge in [0.2, 0.25) is 0 Å². The first-order valence-corrected chi connectivity index (χ1v) is 8.28. The van der Waals surface area contributed by atoms with E-state index in [1.165, 1.54) is 22.3 Å². The lowest BCUT2D eigenvalue weighted by Gasteiger charge is -2.22. The Morgan fingerprint density at radius 3 is 2.50 bits per heavy atom. The molecule has 1 aromatic carbocycles. The monoisotopic (exact) mass is 325 g/mol. The molecule has 2 rings (SSSR count). The van der Waals surface area contributed by atoms with Gasteiger partial charge >= 0.3 is 0 Å². The van der Waals surface area contributed by atoms with E-state index in [9.17, 15) is 0 Å². The number of allylic oxidation sites excluding steroid dienone is 6. The molecule has 0 atom stereocenters. The molecule has 0 aromatic heterocycles. The molecule has 0 amide bonds. The molecule has 0 unspecified atom stereocenters. The highest BCUT2D eigenvalue weighted by atomic mass is 17.3. The van der Waals surface area contributed by atoms with Crippen molar-refractivity contribution in [2.45, 2.75) is 34.1 Å². The second-order valence-electron chi connectivity index (χ2n) is 6.35. The van der Waals surface area contributed by atoms with Gasteiger partial charge in [-0.25, -0.2) is 9.95 Å². The maximum absolute atomic E-state index is 5.45. The summed E-state index contributed by atoms with van der Waals surface area (Å²) in [6, 6.07) is 10.4. The molecule has 0 saturated heterocycles. The number of hydroxylamine groups is 2. The second kappa shape index (κ2) is 8.67. The van der Waals surface area contributed by atoms with Gasteiger partial charge in [-0.2, -0.15) is 0 Å². The van der Waals surface area contributed by atoms with Crippen molar-refractivity contribution in [2.24, 2.45) is 0 Å². The van der Waals surface area contributed by atoms with E-state index in [0.29, 0.717) is 6.61 Å². The first-order valence-electron chi connectivity index (χ1n) is 8.28. The molecule has 0 fully saturated rings. The summed E-state index contributed by atoms with van der Waals surface area (Å²) in [7, 11) is 1.87. The summed E-state index contributed by atoms with van der Waals surface area (Å²) in [6.07, 6.45) is 7.24. The molecule has 0 aliphatic carbocycles. The van der Waals surface area contributed by atoms with Gasteiger partial charge in [0.25, 0.3) is 0 Å². The highest BCUT2D eigenvalue weighted by Crippen LogP contribution is 2.28. The van der Waals surface area contributed by atoms with Crippen LogP contribution in [0.2, 0.25) is 0 Å². The second-order valence-corrected chi connectivity index (χ2v) is 6.35. The summed E-state index contributed by atoms with van der Waals surface area (Å²) in [5, 5.41) is 1.68. The summed E-state index contributed by atoms with van der Waals surface area (Å²) in [5.74, 6) is 0. The van der Waals surface area contributed by atoms with Crippen LogP contribution in [0.3, 0.4) is 0 Å². The molecule has 1 aliphatic rings. The Labute approximate surface area is 145 Å². The van der Waals surface area contributed by atoms with Gasteiger partial charge in [0, 0.05) is 19.2 Å². The van der Waals surface area contributed by atoms with Crippen molar-refractivity contribution in [3.05, 3.63) is 76.5 Å². The fourth-order valence-electron chi connectivity index (χ4n) is 2.64. The van der Waals surface area contributed by atoms with Crippen LogP contribution in [0.1, 0.15) is 39.7 Å². The van der Waals surface area contributed by atoms with Gasteiger partial charge < -0.3 is 0 Å². The molecular weight excluding hydrogens is 298 g/mol. The maximum atomic E-state index is 5.45. The number of rotatable bonds is 3. The molecule has 3 nitrogen and oxygen atoms in total. The zero-order valence-corrected chi connectivity index (χ0v) is 15.3. The van der Waals surface area contributed by atoms with E-state index in [2.05, 4.69) is 70.2 Å². The quantitative estimate of drug-likeness (QED) is 0.544. The predicted molar refractivity (Wildman–Crippen MR) is 99.7 cm³/mol. The number of nitrogens with zero attached hydrogens (tertiary/aromatic N) is 1. The van der Waals surface area contributed by atoms with Crippen molar-refractivity contribution in [3.8, 4) is 0 Å². The van der Waals surface area contributed by atoms with Crippen LogP contribution in [0, 0.1) is 0 Å². The number of benzene rings is 1. The van der Waals surface area contributed by atoms with Gasteiger partial charge in [-0.05, 0) is 56.1 Å². The third-order valence-electron chi connectivity index (χ3n) is 3.97. The minimum Gasteiger partial charge on any atom is -0.229 e. The Balaban J connectivity index is 2.43. The molecule has 0 spiro atoms. The Morgan fingerprint density at radius 2 is 1.83 bits per heavy atom. The Morgan fingerprint density at radius 1 is 1.12 bits per heavy atom. The minimum absolute atomic E-state index is 0.426. The van der Waals surface area contributed by atoms with Crippen molar-refractivity contribution in [1.29, 1.82) is 0 Å². The third-order valence-corrected chi connectivity index (χ3v) is 3.97. The average Bonchev–Trinajstić information content (AvgIpc) is 2.55. The highest BCUT2D eigenvalue weighted by Gasteiger charge is 2.12. The smallest absolute Gasteiger partial charge is 0.106 e. The lowest BCUT2D eigenvalue weighted by molar-refractivity contribution is -0.404. The third kappa shape index (κ3) is 4.95. The van der Waals surface area contributed by atoms with Crippen LogP contribution in [0.4, 0.5) is 0 Å². The molecular formula is C21H27NO2. The van der Waals surface area contributed by atoms with E-state index >= 15 is 0 Å². The van der Waals surface area contributed by atoms with E-state index in [-0.39, 0.29) is 0 Å². The van der Waals surface area contributed by atoms with Crippen molar-refractivity contribution in [1.82, 2.24) is 5.06 Å². The summed E-state index contributed by atoms with van der Waals surface area (Å²) in [5.41, 5.74) is 7.09. The molecule has 1 aromatic rings. The maximum Gasteiger partial charge on any atom is 0.106 e. The van der Waals surface area contributed by atoms with Crippen LogP contribution in [0.5, 0.6) is 0 Å².